The maximum atomic E-state index is 15.3. The molecule has 3 aromatic rings. The van der Waals surface area contributed by atoms with Gasteiger partial charge in [0.1, 0.15) is 5.56 Å². The fraction of sp³-hybridized carbons (Fsp3) is 0.348. The first kappa shape index (κ1) is 18.8. The molecule has 0 spiro atoms. The van der Waals surface area contributed by atoms with Crippen LogP contribution in [0.15, 0.2) is 41.5 Å². The molecule has 1 N–H and O–H groups in total. The van der Waals surface area contributed by atoms with E-state index in [4.69, 9.17) is 0 Å². The molecule has 7 heteroatoms. The summed E-state index contributed by atoms with van der Waals surface area (Å²) in [6.07, 6.45) is 5.71. The van der Waals surface area contributed by atoms with E-state index in [-0.39, 0.29) is 17.4 Å². The van der Waals surface area contributed by atoms with Gasteiger partial charge in [-0.2, -0.15) is 0 Å². The quantitative estimate of drug-likeness (QED) is 0.714. The van der Waals surface area contributed by atoms with Crippen LogP contribution in [0.3, 0.4) is 0 Å². The Labute approximate surface area is 172 Å². The van der Waals surface area contributed by atoms with Gasteiger partial charge in [0.15, 0.2) is 5.82 Å². The van der Waals surface area contributed by atoms with E-state index < -0.39 is 17.3 Å². The van der Waals surface area contributed by atoms with E-state index in [0.29, 0.717) is 29.9 Å². The third-order valence-corrected chi connectivity index (χ3v) is 6.30. The Morgan fingerprint density at radius 3 is 2.70 bits per heavy atom. The third-order valence-electron chi connectivity index (χ3n) is 6.30. The Bertz CT molecular complexity index is 1220. The van der Waals surface area contributed by atoms with Gasteiger partial charge in [-0.3, -0.25) is 14.2 Å². The minimum absolute atomic E-state index is 0.218. The van der Waals surface area contributed by atoms with Crippen molar-refractivity contribution >= 4 is 17.2 Å². The molecule has 2 fully saturated rings. The molecule has 1 saturated carbocycles. The number of hydrogen-bond acceptors (Lipinski definition) is 4. The highest BCUT2D eigenvalue weighted by molar-refractivity contribution is 5.89. The molecule has 5 rings (SSSR count). The molecule has 30 heavy (non-hydrogen) atoms. The average molecular weight is 407 g/mol. The van der Waals surface area contributed by atoms with E-state index in [1.54, 1.807) is 6.20 Å². The number of carbonyl (C=O) groups is 1. The van der Waals surface area contributed by atoms with Crippen LogP contribution in [0.1, 0.15) is 58.3 Å². The maximum absolute atomic E-state index is 15.3. The van der Waals surface area contributed by atoms with Crippen molar-refractivity contribution in [3.05, 3.63) is 75.2 Å². The van der Waals surface area contributed by atoms with Gasteiger partial charge in [0.25, 0.3) is 5.56 Å². The van der Waals surface area contributed by atoms with Crippen LogP contribution in [-0.4, -0.2) is 33.6 Å². The number of fused-ring (bicyclic) bond motifs is 1. The number of aromatic nitrogens is 2. The Balaban J connectivity index is 1.64. The van der Waals surface area contributed by atoms with Gasteiger partial charge in [-0.15, -0.1) is 0 Å². The highest BCUT2D eigenvalue weighted by atomic mass is 19.1. The van der Waals surface area contributed by atoms with E-state index in [0.717, 1.165) is 36.7 Å². The number of carboxylic acid groups (broad SMARTS) is 1. The van der Waals surface area contributed by atoms with Crippen LogP contribution in [0.4, 0.5) is 10.1 Å². The molecule has 1 atom stereocenters. The zero-order valence-corrected chi connectivity index (χ0v) is 16.6. The van der Waals surface area contributed by atoms with Crippen molar-refractivity contribution in [3.63, 3.8) is 0 Å². The van der Waals surface area contributed by atoms with Gasteiger partial charge < -0.3 is 10.0 Å². The monoisotopic (exact) mass is 407 g/mol. The molecule has 0 bridgehead atoms. The Kier molecular flexibility index (Phi) is 4.34. The summed E-state index contributed by atoms with van der Waals surface area (Å²) in [5.74, 6) is -1.35. The molecule has 0 radical (unpaired) electrons. The number of aromatic carboxylic acids is 1. The summed E-state index contributed by atoms with van der Waals surface area (Å²) < 4.78 is 16.5. The molecule has 0 aromatic carbocycles. The van der Waals surface area contributed by atoms with Crippen molar-refractivity contribution in [2.45, 2.75) is 38.0 Å². The predicted molar refractivity (Wildman–Crippen MR) is 111 cm³/mol. The molecule has 154 valence electrons. The molecule has 1 aliphatic carbocycles. The van der Waals surface area contributed by atoms with Gasteiger partial charge >= 0.3 is 5.97 Å². The normalized spacial score (nSPS) is 18.9. The summed E-state index contributed by atoms with van der Waals surface area (Å²) in [7, 11) is 0. The van der Waals surface area contributed by atoms with E-state index in [2.05, 4.69) is 4.98 Å². The smallest absolute Gasteiger partial charge is 0.341 e. The maximum Gasteiger partial charge on any atom is 0.341 e. The van der Waals surface area contributed by atoms with Gasteiger partial charge in [0.2, 0.25) is 0 Å². The fourth-order valence-corrected chi connectivity index (χ4v) is 4.71. The summed E-state index contributed by atoms with van der Waals surface area (Å²) in [6.45, 7) is 3.18. The van der Waals surface area contributed by atoms with Crippen molar-refractivity contribution < 1.29 is 14.3 Å². The first-order valence-electron chi connectivity index (χ1n) is 10.2. The Hall–Kier alpha value is -3.22. The Morgan fingerprint density at radius 1 is 1.23 bits per heavy atom. The largest absolute Gasteiger partial charge is 0.477 e. The van der Waals surface area contributed by atoms with Gasteiger partial charge in [-0.25, -0.2) is 9.18 Å². The summed E-state index contributed by atoms with van der Waals surface area (Å²) in [6, 6.07) is 7.33. The van der Waals surface area contributed by atoms with Crippen LogP contribution in [-0.2, 0) is 0 Å². The van der Waals surface area contributed by atoms with Crippen LogP contribution >= 0.6 is 0 Å². The van der Waals surface area contributed by atoms with Crippen LogP contribution in [0, 0.1) is 12.7 Å². The van der Waals surface area contributed by atoms with E-state index in [1.807, 2.05) is 30.0 Å². The molecule has 1 unspecified atom stereocenters. The highest BCUT2D eigenvalue weighted by Gasteiger charge is 2.32. The van der Waals surface area contributed by atoms with Crippen molar-refractivity contribution in [3.8, 4) is 0 Å². The molecule has 2 aliphatic rings. The number of anilines is 1. The summed E-state index contributed by atoms with van der Waals surface area (Å²) in [4.78, 5) is 30.8. The van der Waals surface area contributed by atoms with E-state index in [9.17, 15) is 14.7 Å². The van der Waals surface area contributed by atoms with Crippen LogP contribution < -0.4 is 10.5 Å². The number of aryl methyl sites for hydroxylation is 1. The number of hydrogen-bond donors (Lipinski definition) is 1. The number of nitrogens with zero attached hydrogens (tertiary/aromatic N) is 3. The SMILES string of the molecule is Cc1c(N2CCC(c3ccccn3)C2)c(F)cn2c(=O)c(C(=O)O)cc(C3CC3)c12. The van der Waals surface area contributed by atoms with Crippen molar-refractivity contribution in [2.75, 3.05) is 18.0 Å². The van der Waals surface area contributed by atoms with Gasteiger partial charge in [0.05, 0.1) is 17.4 Å². The lowest BCUT2D eigenvalue weighted by molar-refractivity contribution is 0.0694. The summed E-state index contributed by atoms with van der Waals surface area (Å²) >= 11 is 0. The second-order valence-corrected chi connectivity index (χ2v) is 8.25. The zero-order chi connectivity index (χ0) is 21.0. The molecule has 1 saturated heterocycles. The first-order chi connectivity index (χ1) is 14.5. The second-order valence-electron chi connectivity index (χ2n) is 8.25. The highest BCUT2D eigenvalue weighted by Crippen LogP contribution is 2.44. The van der Waals surface area contributed by atoms with Gasteiger partial charge in [-0.1, -0.05) is 6.07 Å². The molecular formula is C23H22FN3O3. The number of pyridine rings is 3. The second kappa shape index (κ2) is 6.93. The predicted octanol–water partition coefficient (Wildman–Crippen LogP) is 3.71. The Morgan fingerprint density at radius 2 is 2.03 bits per heavy atom. The van der Waals surface area contributed by atoms with Gasteiger partial charge in [-0.05, 0) is 61.4 Å². The lowest BCUT2D eigenvalue weighted by Crippen LogP contribution is -2.27. The standard InChI is InChI=1S/C23H22FN3O3/c1-13-20-16(14-5-6-14)10-17(23(29)30)22(28)27(20)12-18(24)21(13)26-9-7-15(11-26)19-4-2-3-8-25-19/h2-4,8,10,12,14-15H,5-7,9,11H2,1H3,(H,29,30). The fourth-order valence-electron chi connectivity index (χ4n) is 4.71. The van der Waals surface area contributed by atoms with Crippen LogP contribution in [0.25, 0.3) is 5.52 Å². The molecule has 0 amide bonds. The zero-order valence-electron chi connectivity index (χ0n) is 16.6. The van der Waals surface area contributed by atoms with Crippen molar-refractivity contribution in [1.82, 2.24) is 9.38 Å². The summed E-state index contributed by atoms with van der Waals surface area (Å²) in [5, 5.41) is 9.43. The van der Waals surface area contributed by atoms with Crippen molar-refractivity contribution in [1.29, 1.82) is 0 Å². The van der Waals surface area contributed by atoms with E-state index in [1.165, 1.54) is 10.5 Å². The van der Waals surface area contributed by atoms with Crippen molar-refractivity contribution in [2.24, 2.45) is 0 Å². The lowest BCUT2D eigenvalue weighted by Gasteiger charge is -2.24. The lowest BCUT2D eigenvalue weighted by atomic mass is 10.0. The number of rotatable bonds is 4. The van der Waals surface area contributed by atoms with Gasteiger partial charge in [0, 0.05) is 30.9 Å². The third kappa shape index (κ3) is 2.96. The minimum atomic E-state index is -1.28. The first-order valence-corrected chi connectivity index (χ1v) is 10.2. The van der Waals surface area contributed by atoms with Crippen LogP contribution in [0.2, 0.25) is 0 Å². The van der Waals surface area contributed by atoms with E-state index >= 15 is 4.39 Å². The molecular weight excluding hydrogens is 385 g/mol. The molecule has 3 aromatic heterocycles. The molecule has 1 aliphatic heterocycles. The topological polar surface area (TPSA) is 74.9 Å². The van der Waals surface area contributed by atoms with Crippen LogP contribution in [0.5, 0.6) is 0 Å². The number of carboxylic acids is 1. The minimum Gasteiger partial charge on any atom is -0.477 e. The molecule has 6 nitrogen and oxygen atoms in total. The average Bonchev–Trinajstić information content (AvgIpc) is 3.46. The molecule has 4 heterocycles. The number of halogens is 1. The summed E-state index contributed by atoms with van der Waals surface area (Å²) in [5.41, 5.74) is 2.65.